The van der Waals surface area contributed by atoms with Crippen LogP contribution in [0.4, 0.5) is 0 Å². The third-order valence-electron chi connectivity index (χ3n) is 4.88. The summed E-state index contributed by atoms with van der Waals surface area (Å²) in [6, 6.07) is 15.0. The van der Waals surface area contributed by atoms with Crippen molar-refractivity contribution in [3.05, 3.63) is 59.7 Å². The van der Waals surface area contributed by atoms with Gasteiger partial charge >= 0.3 is 0 Å². The van der Waals surface area contributed by atoms with Gasteiger partial charge in [-0.3, -0.25) is 0 Å². The molecule has 5 heteroatoms. The number of hydrogen-bond acceptors (Lipinski definition) is 3. The van der Waals surface area contributed by atoms with E-state index in [1.807, 2.05) is 36.4 Å². The fourth-order valence-electron chi connectivity index (χ4n) is 3.59. The Bertz CT molecular complexity index is 827. The molecule has 3 rings (SSSR count). The number of nitrogens with zero attached hydrogens (tertiary/aromatic N) is 1. The second-order valence-electron chi connectivity index (χ2n) is 7.29. The Morgan fingerprint density at radius 2 is 1.73 bits per heavy atom. The van der Waals surface area contributed by atoms with Gasteiger partial charge in [0, 0.05) is 6.54 Å². The average molecular weight is 374 g/mol. The van der Waals surface area contributed by atoms with Crippen molar-refractivity contribution in [1.82, 2.24) is 4.31 Å². The van der Waals surface area contributed by atoms with E-state index >= 15 is 0 Å². The van der Waals surface area contributed by atoms with Crippen LogP contribution in [-0.4, -0.2) is 26.4 Å². The van der Waals surface area contributed by atoms with Gasteiger partial charge in [0.1, 0.15) is 5.75 Å². The summed E-state index contributed by atoms with van der Waals surface area (Å²) in [6.07, 6.45) is 2.68. The molecule has 0 spiro atoms. The number of rotatable bonds is 6. The van der Waals surface area contributed by atoms with Crippen LogP contribution in [-0.2, 0) is 16.4 Å². The molecule has 1 fully saturated rings. The van der Waals surface area contributed by atoms with Crippen molar-refractivity contribution < 1.29 is 13.2 Å². The standard InChI is InChI=1S/C21H27NO3S/c1-16(2)15-17-6-12-20(13-7-17)26(23,24)22-14-4-5-21(22)18-8-10-19(25-3)11-9-18/h6-13,16,21H,4-5,14-15H2,1-3H3/t21-/m1/s1. The van der Waals surface area contributed by atoms with E-state index in [1.165, 1.54) is 5.56 Å². The van der Waals surface area contributed by atoms with Crippen LogP contribution in [0.3, 0.4) is 0 Å². The molecular weight excluding hydrogens is 346 g/mol. The summed E-state index contributed by atoms with van der Waals surface area (Å²) < 4.78 is 33.2. The van der Waals surface area contributed by atoms with E-state index in [9.17, 15) is 8.42 Å². The lowest BCUT2D eigenvalue weighted by atomic mass is 10.0. The minimum Gasteiger partial charge on any atom is -0.497 e. The van der Waals surface area contributed by atoms with Crippen molar-refractivity contribution in [2.75, 3.05) is 13.7 Å². The van der Waals surface area contributed by atoms with Crippen LogP contribution in [0.2, 0.25) is 0 Å². The molecule has 4 nitrogen and oxygen atoms in total. The molecule has 1 heterocycles. The molecule has 0 N–H and O–H groups in total. The molecule has 0 amide bonds. The third kappa shape index (κ3) is 3.94. The molecule has 1 aliphatic heterocycles. The van der Waals surface area contributed by atoms with Gasteiger partial charge in [-0.2, -0.15) is 4.31 Å². The van der Waals surface area contributed by atoms with E-state index < -0.39 is 10.0 Å². The second kappa shape index (κ2) is 7.80. The van der Waals surface area contributed by atoms with Crippen LogP contribution < -0.4 is 4.74 Å². The van der Waals surface area contributed by atoms with Crippen LogP contribution in [0.25, 0.3) is 0 Å². The summed E-state index contributed by atoms with van der Waals surface area (Å²) in [5, 5.41) is 0. The Balaban J connectivity index is 1.85. The SMILES string of the molecule is COc1ccc([C@H]2CCCN2S(=O)(=O)c2ccc(CC(C)C)cc2)cc1. The number of benzene rings is 2. The zero-order chi connectivity index (χ0) is 18.7. The monoisotopic (exact) mass is 373 g/mol. The van der Waals surface area contributed by atoms with Crippen LogP contribution in [0.15, 0.2) is 53.4 Å². The average Bonchev–Trinajstić information content (AvgIpc) is 3.12. The van der Waals surface area contributed by atoms with E-state index in [4.69, 9.17) is 4.74 Å². The minimum absolute atomic E-state index is 0.110. The Morgan fingerprint density at radius 3 is 2.31 bits per heavy atom. The summed E-state index contributed by atoms with van der Waals surface area (Å²) in [7, 11) is -1.87. The van der Waals surface area contributed by atoms with E-state index in [0.29, 0.717) is 17.4 Å². The van der Waals surface area contributed by atoms with Gasteiger partial charge in [0.25, 0.3) is 0 Å². The maximum absolute atomic E-state index is 13.2. The molecular formula is C21H27NO3S. The Hall–Kier alpha value is -1.85. The predicted molar refractivity (Wildman–Crippen MR) is 104 cm³/mol. The zero-order valence-corrected chi connectivity index (χ0v) is 16.5. The summed E-state index contributed by atoms with van der Waals surface area (Å²) in [4.78, 5) is 0.380. The molecule has 26 heavy (non-hydrogen) atoms. The Labute approximate surface area is 156 Å². The van der Waals surface area contributed by atoms with Crippen molar-refractivity contribution in [2.24, 2.45) is 5.92 Å². The fraction of sp³-hybridized carbons (Fsp3) is 0.429. The molecule has 140 valence electrons. The molecule has 0 radical (unpaired) electrons. The molecule has 2 aromatic rings. The van der Waals surface area contributed by atoms with Crippen molar-refractivity contribution >= 4 is 10.0 Å². The number of hydrogen-bond donors (Lipinski definition) is 0. The van der Waals surface area contributed by atoms with Gasteiger partial charge < -0.3 is 4.74 Å². The van der Waals surface area contributed by atoms with Crippen LogP contribution in [0.1, 0.15) is 43.9 Å². The second-order valence-corrected chi connectivity index (χ2v) is 9.18. The first kappa shape index (κ1) is 18.9. The molecule has 2 aromatic carbocycles. The lowest BCUT2D eigenvalue weighted by Gasteiger charge is -2.24. The van der Waals surface area contributed by atoms with Gasteiger partial charge in [-0.25, -0.2) is 8.42 Å². The van der Waals surface area contributed by atoms with E-state index in [-0.39, 0.29) is 6.04 Å². The number of methoxy groups -OCH3 is 1. The zero-order valence-electron chi connectivity index (χ0n) is 15.7. The third-order valence-corrected chi connectivity index (χ3v) is 6.80. The summed E-state index contributed by atoms with van der Waals surface area (Å²) >= 11 is 0. The molecule has 0 saturated carbocycles. The molecule has 1 atom stereocenters. The van der Waals surface area contributed by atoms with Gasteiger partial charge in [-0.05, 0) is 60.6 Å². The first-order valence-corrected chi connectivity index (χ1v) is 10.6. The van der Waals surface area contributed by atoms with Gasteiger partial charge in [-0.1, -0.05) is 38.1 Å². The fourth-order valence-corrected chi connectivity index (χ4v) is 5.27. The van der Waals surface area contributed by atoms with Crippen molar-refractivity contribution in [1.29, 1.82) is 0 Å². The van der Waals surface area contributed by atoms with E-state index in [1.54, 1.807) is 23.5 Å². The molecule has 0 aromatic heterocycles. The van der Waals surface area contributed by atoms with Crippen molar-refractivity contribution in [2.45, 2.75) is 44.0 Å². The van der Waals surface area contributed by atoms with Crippen molar-refractivity contribution in [3.8, 4) is 5.75 Å². The van der Waals surface area contributed by atoms with Gasteiger partial charge in [0.2, 0.25) is 10.0 Å². The number of ether oxygens (including phenoxy) is 1. The summed E-state index contributed by atoms with van der Waals surface area (Å²) in [5.41, 5.74) is 2.19. The van der Waals surface area contributed by atoms with Gasteiger partial charge in [0.15, 0.2) is 0 Å². The lowest BCUT2D eigenvalue weighted by molar-refractivity contribution is 0.394. The molecule has 1 aliphatic rings. The molecule has 0 unspecified atom stereocenters. The number of sulfonamides is 1. The van der Waals surface area contributed by atoms with Gasteiger partial charge in [-0.15, -0.1) is 0 Å². The molecule has 1 saturated heterocycles. The van der Waals surface area contributed by atoms with E-state index in [2.05, 4.69) is 13.8 Å². The summed E-state index contributed by atoms with van der Waals surface area (Å²) in [6.45, 7) is 4.88. The van der Waals surface area contributed by atoms with Crippen LogP contribution in [0, 0.1) is 5.92 Å². The normalized spacial score (nSPS) is 18.4. The highest BCUT2D eigenvalue weighted by molar-refractivity contribution is 7.89. The van der Waals surface area contributed by atoms with Crippen LogP contribution >= 0.6 is 0 Å². The first-order chi connectivity index (χ1) is 12.4. The largest absolute Gasteiger partial charge is 0.497 e. The van der Waals surface area contributed by atoms with Crippen LogP contribution in [0.5, 0.6) is 5.75 Å². The maximum Gasteiger partial charge on any atom is 0.243 e. The van der Waals surface area contributed by atoms with Crippen molar-refractivity contribution in [3.63, 3.8) is 0 Å². The smallest absolute Gasteiger partial charge is 0.243 e. The molecule has 0 aliphatic carbocycles. The van der Waals surface area contributed by atoms with E-state index in [0.717, 1.165) is 30.6 Å². The van der Waals surface area contributed by atoms with Gasteiger partial charge in [0.05, 0.1) is 18.0 Å². The first-order valence-electron chi connectivity index (χ1n) is 9.16. The highest BCUT2D eigenvalue weighted by Gasteiger charge is 2.36. The topological polar surface area (TPSA) is 46.6 Å². The highest BCUT2D eigenvalue weighted by Crippen LogP contribution is 2.37. The Morgan fingerprint density at radius 1 is 1.08 bits per heavy atom. The highest BCUT2D eigenvalue weighted by atomic mass is 32.2. The minimum atomic E-state index is -3.49. The maximum atomic E-state index is 13.2. The lowest BCUT2D eigenvalue weighted by Crippen LogP contribution is -2.30. The Kier molecular flexibility index (Phi) is 5.68. The quantitative estimate of drug-likeness (QED) is 0.753. The molecule has 0 bridgehead atoms. The predicted octanol–water partition coefficient (Wildman–Crippen LogP) is 4.42. The summed E-state index contributed by atoms with van der Waals surface area (Å²) in [5.74, 6) is 1.33.